The lowest BCUT2D eigenvalue weighted by Crippen LogP contribution is -2.52. The van der Waals surface area contributed by atoms with E-state index in [9.17, 15) is 4.79 Å². The average molecular weight is 266 g/mol. The van der Waals surface area contributed by atoms with Crippen molar-refractivity contribution in [1.82, 2.24) is 15.4 Å². The van der Waals surface area contributed by atoms with Gasteiger partial charge in [-0.05, 0) is 13.3 Å². The van der Waals surface area contributed by atoms with Crippen LogP contribution in [0.4, 0.5) is 10.6 Å². The Balaban J connectivity index is 1.77. The molecule has 2 amide bonds. The van der Waals surface area contributed by atoms with E-state index in [1.165, 1.54) is 0 Å². The zero-order valence-corrected chi connectivity index (χ0v) is 11.7. The smallest absolute Gasteiger partial charge is 0.317 e. The summed E-state index contributed by atoms with van der Waals surface area (Å²) in [5.74, 6) is 1.68. The number of urea groups is 1. The molecule has 1 saturated heterocycles. The van der Waals surface area contributed by atoms with Crippen LogP contribution in [0.15, 0.2) is 10.6 Å². The molecule has 0 aliphatic carbocycles. The van der Waals surface area contributed by atoms with Crippen molar-refractivity contribution in [2.75, 3.05) is 37.6 Å². The second-order valence-corrected chi connectivity index (χ2v) is 4.86. The zero-order chi connectivity index (χ0) is 13.7. The largest absolute Gasteiger partial charge is 0.360 e. The fourth-order valence-corrected chi connectivity index (χ4v) is 2.12. The molecule has 1 aromatic heterocycles. The normalized spacial score (nSPS) is 15.7. The van der Waals surface area contributed by atoms with Gasteiger partial charge in [-0.15, -0.1) is 0 Å². The molecule has 19 heavy (non-hydrogen) atoms. The molecule has 1 aliphatic heterocycles. The van der Waals surface area contributed by atoms with Gasteiger partial charge in [-0.2, -0.15) is 0 Å². The highest BCUT2D eigenvalue weighted by Crippen LogP contribution is 2.15. The van der Waals surface area contributed by atoms with Gasteiger partial charge >= 0.3 is 6.03 Å². The van der Waals surface area contributed by atoms with Crippen molar-refractivity contribution in [2.24, 2.45) is 0 Å². The van der Waals surface area contributed by atoms with Gasteiger partial charge in [0.1, 0.15) is 5.76 Å². The predicted molar refractivity (Wildman–Crippen MR) is 73.3 cm³/mol. The van der Waals surface area contributed by atoms with Crippen LogP contribution < -0.4 is 10.2 Å². The number of unbranched alkanes of at least 4 members (excludes halogenated alkanes) is 1. The van der Waals surface area contributed by atoms with Crippen molar-refractivity contribution in [3.05, 3.63) is 11.8 Å². The molecule has 106 valence electrons. The van der Waals surface area contributed by atoms with Crippen molar-refractivity contribution >= 4 is 11.8 Å². The Bertz CT molecular complexity index is 411. The lowest BCUT2D eigenvalue weighted by molar-refractivity contribution is 0.194. The zero-order valence-electron chi connectivity index (χ0n) is 11.7. The number of aromatic nitrogens is 1. The Morgan fingerprint density at radius 1 is 1.42 bits per heavy atom. The van der Waals surface area contributed by atoms with Crippen LogP contribution in [0, 0.1) is 6.92 Å². The van der Waals surface area contributed by atoms with Gasteiger partial charge in [-0.25, -0.2) is 4.79 Å². The van der Waals surface area contributed by atoms with Crippen LogP contribution >= 0.6 is 0 Å². The minimum atomic E-state index is 0.0458. The molecular weight excluding hydrogens is 244 g/mol. The highest BCUT2D eigenvalue weighted by Gasteiger charge is 2.22. The molecule has 2 heterocycles. The molecule has 6 nitrogen and oxygen atoms in total. The summed E-state index contributed by atoms with van der Waals surface area (Å²) in [4.78, 5) is 15.9. The van der Waals surface area contributed by atoms with Crippen LogP contribution in [0.3, 0.4) is 0 Å². The summed E-state index contributed by atoms with van der Waals surface area (Å²) in [6, 6.07) is 1.97. The summed E-state index contributed by atoms with van der Waals surface area (Å²) in [6.07, 6.45) is 2.13. The molecule has 2 rings (SSSR count). The molecule has 1 aliphatic rings. The van der Waals surface area contributed by atoms with E-state index < -0.39 is 0 Å². The Kier molecular flexibility index (Phi) is 4.65. The second-order valence-electron chi connectivity index (χ2n) is 4.86. The highest BCUT2D eigenvalue weighted by atomic mass is 16.5. The van der Waals surface area contributed by atoms with Crippen molar-refractivity contribution in [2.45, 2.75) is 26.7 Å². The minimum absolute atomic E-state index is 0.0458. The third-order valence-corrected chi connectivity index (χ3v) is 3.31. The van der Waals surface area contributed by atoms with Crippen LogP contribution in [0.25, 0.3) is 0 Å². The number of anilines is 1. The number of rotatable bonds is 4. The molecule has 1 aromatic rings. The number of amides is 2. The van der Waals surface area contributed by atoms with Crippen LogP contribution in [-0.2, 0) is 0 Å². The maximum Gasteiger partial charge on any atom is 0.317 e. The van der Waals surface area contributed by atoms with E-state index in [2.05, 4.69) is 22.3 Å². The minimum Gasteiger partial charge on any atom is -0.360 e. The number of aryl methyl sites for hydroxylation is 1. The maximum atomic E-state index is 11.9. The topological polar surface area (TPSA) is 61.6 Å². The van der Waals surface area contributed by atoms with E-state index in [4.69, 9.17) is 4.52 Å². The Hall–Kier alpha value is -1.72. The Morgan fingerprint density at radius 3 is 2.74 bits per heavy atom. The number of nitrogens with zero attached hydrogens (tertiary/aromatic N) is 3. The summed E-state index contributed by atoms with van der Waals surface area (Å²) in [5, 5.41) is 6.95. The molecular formula is C13H22N4O2. The van der Waals surface area contributed by atoms with Gasteiger partial charge in [0.05, 0.1) is 0 Å². The van der Waals surface area contributed by atoms with Crippen LogP contribution in [-0.4, -0.2) is 48.8 Å². The second kappa shape index (κ2) is 6.45. The molecule has 0 spiro atoms. The van der Waals surface area contributed by atoms with E-state index in [0.29, 0.717) is 0 Å². The third kappa shape index (κ3) is 3.62. The lowest BCUT2D eigenvalue weighted by Gasteiger charge is -2.34. The van der Waals surface area contributed by atoms with E-state index in [1.807, 2.05) is 17.9 Å². The number of nitrogens with one attached hydrogen (secondary N) is 1. The van der Waals surface area contributed by atoms with Crippen molar-refractivity contribution in [3.63, 3.8) is 0 Å². The van der Waals surface area contributed by atoms with Crippen LogP contribution in [0.1, 0.15) is 25.5 Å². The maximum absolute atomic E-state index is 11.9. The molecule has 0 unspecified atom stereocenters. The number of piperazine rings is 1. The summed E-state index contributed by atoms with van der Waals surface area (Å²) in [5.41, 5.74) is 0. The molecule has 0 saturated carbocycles. The Labute approximate surface area is 113 Å². The molecule has 0 bridgehead atoms. The predicted octanol–water partition coefficient (Wildman–Crippen LogP) is 1.61. The lowest BCUT2D eigenvalue weighted by atomic mass is 10.3. The van der Waals surface area contributed by atoms with E-state index in [1.54, 1.807) is 0 Å². The summed E-state index contributed by atoms with van der Waals surface area (Å²) in [6.45, 7) is 7.81. The van der Waals surface area contributed by atoms with E-state index >= 15 is 0 Å². The molecule has 6 heteroatoms. The number of carbonyl (C=O) groups excluding carboxylic acids is 1. The van der Waals surface area contributed by atoms with Crippen LogP contribution in [0.5, 0.6) is 0 Å². The first-order chi connectivity index (χ1) is 9.20. The van der Waals surface area contributed by atoms with Crippen LogP contribution in [0.2, 0.25) is 0 Å². The van der Waals surface area contributed by atoms with Gasteiger partial charge in [0.25, 0.3) is 0 Å². The fourth-order valence-electron chi connectivity index (χ4n) is 2.12. The molecule has 0 radical (unpaired) electrons. The van der Waals surface area contributed by atoms with Gasteiger partial charge in [-0.3, -0.25) is 0 Å². The van der Waals surface area contributed by atoms with Gasteiger partial charge in [0, 0.05) is 38.8 Å². The first kappa shape index (κ1) is 13.7. The van der Waals surface area contributed by atoms with Crippen molar-refractivity contribution in [3.8, 4) is 0 Å². The number of carbonyl (C=O) groups is 1. The molecule has 0 atom stereocenters. The molecule has 1 fully saturated rings. The van der Waals surface area contributed by atoms with Crippen molar-refractivity contribution in [1.29, 1.82) is 0 Å². The first-order valence-electron chi connectivity index (χ1n) is 6.91. The van der Waals surface area contributed by atoms with E-state index in [0.717, 1.165) is 57.1 Å². The SMILES string of the molecule is CCCCNC(=O)N1CCN(c2cc(C)on2)CC1. The van der Waals surface area contributed by atoms with Crippen molar-refractivity contribution < 1.29 is 9.32 Å². The average Bonchev–Trinajstić information content (AvgIpc) is 2.86. The fraction of sp³-hybridized carbons (Fsp3) is 0.692. The molecule has 0 aromatic carbocycles. The first-order valence-corrected chi connectivity index (χ1v) is 6.91. The Morgan fingerprint density at radius 2 is 2.16 bits per heavy atom. The highest BCUT2D eigenvalue weighted by molar-refractivity contribution is 5.74. The third-order valence-electron chi connectivity index (χ3n) is 3.31. The molecule has 1 N–H and O–H groups in total. The van der Waals surface area contributed by atoms with Gasteiger partial charge < -0.3 is 19.6 Å². The summed E-state index contributed by atoms with van der Waals surface area (Å²) < 4.78 is 5.07. The summed E-state index contributed by atoms with van der Waals surface area (Å²) >= 11 is 0. The van der Waals surface area contributed by atoms with E-state index in [-0.39, 0.29) is 6.03 Å². The van der Waals surface area contributed by atoms with Gasteiger partial charge in [0.2, 0.25) is 0 Å². The summed E-state index contributed by atoms with van der Waals surface area (Å²) in [7, 11) is 0. The number of hydrogen-bond donors (Lipinski definition) is 1. The quantitative estimate of drug-likeness (QED) is 0.841. The monoisotopic (exact) mass is 266 g/mol. The standard InChI is InChI=1S/C13H22N4O2/c1-3-4-5-14-13(18)17-8-6-16(7-9-17)12-10-11(2)19-15-12/h10H,3-9H2,1-2H3,(H,14,18). The van der Waals surface area contributed by atoms with Gasteiger partial charge in [-0.1, -0.05) is 18.5 Å². The van der Waals surface area contributed by atoms with Gasteiger partial charge in [0.15, 0.2) is 5.82 Å². The number of hydrogen-bond acceptors (Lipinski definition) is 4.